The molecule has 1 atom stereocenters. The van der Waals surface area contributed by atoms with Crippen LogP contribution in [0.2, 0.25) is 0 Å². The number of hydrogen-bond donors (Lipinski definition) is 0. The second-order valence-corrected chi connectivity index (χ2v) is 3.36. The molecule has 0 saturated heterocycles. The molecule has 0 saturated carbocycles. The summed E-state index contributed by atoms with van der Waals surface area (Å²) >= 11 is 0. The number of ether oxygens (including phenoxy) is 2. The summed E-state index contributed by atoms with van der Waals surface area (Å²) in [6, 6.07) is 3.30. The Morgan fingerprint density at radius 3 is 2.78 bits per heavy atom. The first-order valence-corrected chi connectivity index (χ1v) is 5.23. The minimum Gasteiger partial charge on any atom is -0.470 e. The molecule has 0 spiro atoms. The summed E-state index contributed by atoms with van der Waals surface area (Å²) in [7, 11) is 0. The van der Waals surface area contributed by atoms with Crippen molar-refractivity contribution < 1.29 is 23.6 Å². The fraction of sp³-hybridized carbons (Fsp3) is 0.364. The van der Waals surface area contributed by atoms with E-state index in [0.717, 1.165) is 12.1 Å². The van der Waals surface area contributed by atoms with E-state index in [9.17, 15) is 19.3 Å². The molecule has 0 aliphatic heterocycles. The van der Waals surface area contributed by atoms with Crippen molar-refractivity contribution in [3.63, 3.8) is 0 Å². The third kappa shape index (κ3) is 3.16. The maximum Gasteiger partial charge on any atom is 0.347 e. The Kier molecular flexibility index (Phi) is 4.59. The Bertz CT molecular complexity index is 463. The molecule has 0 heterocycles. The van der Waals surface area contributed by atoms with E-state index >= 15 is 0 Å². The van der Waals surface area contributed by atoms with Crippen molar-refractivity contribution in [2.75, 3.05) is 6.61 Å². The van der Waals surface area contributed by atoms with Crippen LogP contribution in [0, 0.1) is 15.9 Å². The first-order chi connectivity index (χ1) is 8.47. The second-order valence-electron chi connectivity index (χ2n) is 3.36. The van der Waals surface area contributed by atoms with Gasteiger partial charge in [-0.15, -0.1) is 0 Å². The Hall–Kier alpha value is -2.18. The van der Waals surface area contributed by atoms with E-state index in [2.05, 4.69) is 4.74 Å². The molecule has 7 heteroatoms. The van der Waals surface area contributed by atoms with E-state index < -0.39 is 34.3 Å². The van der Waals surface area contributed by atoms with Crippen LogP contribution in [-0.4, -0.2) is 23.6 Å². The Labute approximate surface area is 102 Å². The minimum absolute atomic E-state index is 0.145. The topological polar surface area (TPSA) is 78.7 Å². The van der Waals surface area contributed by atoms with E-state index in [1.54, 1.807) is 6.92 Å². The summed E-state index contributed by atoms with van der Waals surface area (Å²) in [6.45, 7) is 3.08. The normalized spacial score (nSPS) is 11.7. The summed E-state index contributed by atoms with van der Waals surface area (Å²) in [5.41, 5.74) is -0.536. The molecule has 0 radical (unpaired) electrons. The quantitative estimate of drug-likeness (QED) is 0.458. The molecule has 0 bridgehead atoms. The van der Waals surface area contributed by atoms with E-state index in [1.807, 2.05) is 0 Å². The van der Waals surface area contributed by atoms with Crippen LogP contribution >= 0.6 is 0 Å². The molecule has 98 valence electrons. The first-order valence-electron chi connectivity index (χ1n) is 5.23. The molecule has 1 aromatic rings. The molecule has 0 aliphatic rings. The molecule has 0 aromatic heterocycles. The smallest absolute Gasteiger partial charge is 0.347 e. The van der Waals surface area contributed by atoms with Gasteiger partial charge in [-0.05, 0) is 19.9 Å². The number of rotatable bonds is 5. The van der Waals surface area contributed by atoms with Gasteiger partial charge in [0.15, 0.2) is 11.9 Å². The standard InChI is InChI=1S/C11H12FNO5/c1-3-17-11(14)7(2)18-10-8(12)5-4-6-9(10)13(15)16/h4-7H,3H2,1-2H3. The first kappa shape index (κ1) is 13.9. The third-order valence-electron chi connectivity index (χ3n) is 2.06. The molecule has 1 rings (SSSR count). The average molecular weight is 257 g/mol. The number of carbonyl (C=O) groups is 1. The number of esters is 1. The zero-order chi connectivity index (χ0) is 13.7. The van der Waals surface area contributed by atoms with E-state index in [-0.39, 0.29) is 6.61 Å². The zero-order valence-corrected chi connectivity index (χ0v) is 9.88. The molecule has 18 heavy (non-hydrogen) atoms. The van der Waals surface area contributed by atoms with Gasteiger partial charge >= 0.3 is 11.7 Å². The van der Waals surface area contributed by atoms with Gasteiger partial charge in [-0.2, -0.15) is 0 Å². The number of hydrogen-bond acceptors (Lipinski definition) is 5. The van der Waals surface area contributed by atoms with E-state index in [1.165, 1.54) is 13.0 Å². The molecular formula is C11H12FNO5. The summed E-state index contributed by atoms with van der Waals surface area (Å²) in [6.07, 6.45) is -1.12. The van der Waals surface area contributed by atoms with Crippen LogP contribution in [0.4, 0.5) is 10.1 Å². The molecule has 0 fully saturated rings. The number of nitro benzene ring substituents is 1. The zero-order valence-electron chi connectivity index (χ0n) is 9.88. The van der Waals surface area contributed by atoms with Gasteiger partial charge in [-0.25, -0.2) is 9.18 Å². The highest BCUT2D eigenvalue weighted by Crippen LogP contribution is 2.30. The molecule has 0 aliphatic carbocycles. The fourth-order valence-electron chi connectivity index (χ4n) is 1.24. The van der Waals surface area contributed by atoms with Gasteiger partial charge in [0.1, 0.15) is 0 Å². The Morgan fingerprint density at radius 1 is 1.56 bits per heavy atom. The predicted molar refractivity (Wildman–Crippen MR) is 59.8 cm³/mol. The maximum atomic E-state index is 13.4. The van der Waals surface area contributed by atoms with Crippen molar-refractivity contribution in [3.8, 4) is 5.75 Å². The van der Waals surface area contributed by atoms with Crippen molar-refractivity contribution in [1.29, 1.82) is 0 Å². The number of nitrogens with zero attached hydrogens (tertiary/aromatic N) is 1. The lowest BCUT2D eigenvalue weighted by Crippen LogP contribution is -2.26. The van der Waals surface area contributed by atoms with Crippen LogP contribution in [0.25, 0.3) is 0 Å². The molecule has 0 N–H and O–H groups in total. The van der Waals surface area contributed by atoms with Crippen molar-refractivity contribution >= 4 is 11.7 Å². The van der Waals surface area contributed by atoms with Crippen LogP contribution in [-0.2, 0) is 9.53 Å². The summed E-state index contributed by atoms with van der Waals surface area (Å²) in [5, 5.41) is 10.7. The number of benzene rings is 1. The molecule has 1 unspecified atom stereocenters. The Balaban J connectivity index is 2.96. The van der Waals surface area contributed by atoms with Crippen LogP contribution < -0.4 is 4.74 Å². The van der Waals surface area contributed by atoms with Crippen LogP contribution in [0.3, 0.4) is 0 Å². The highest BCUT2D eigenvalue weighted by molar-refractivity contribution is 5.74. The summed E-state index contributed by atoms with van der Waals surface area (Å²) in [5.74, 6) is -2.18. The van der Waals surface area contributed by atoms with E-state index in [4.69, 9.17) is 4.74 Å². The Morgan fingerprint density at radius 2 is 2.22 bits per heavy atom. The SMILES string of the molecule is CCOC(=O)C(C)Oc1c(F)cccc1[N+](=O)[O-]. The van der Waals surface area contributed by atoms with Crippen LogP contribution in [0.1, 0.15) is 13.8 Å². The van der Waals surface area contributed by atoms with Crippen molar-refractivity contribution in [2.45, 2.75) is 20.0 Å². The lowest BCUT2D eigenvalue weighted by molar-refractivity contribution is -0.386. The molecular weight excluding hydrogens is 245 g/mol. The third-order valence-corrected chi connectivity index (χ3v) is 2.06. The van der Waals surface area contributed by atoms with Gasteiger partial charge in [0.05, 0.1) is 11.5 Å². The monoisotopic (exact) mass is 257 g/mol. The van der Waals surface area contributed by atoms with Gasteiger partial charge in [0.2, 0.25) is 5.75 Å². The summed E-state index contributed by atoms with van der Waals surface area (Å²) < 4.78 is 23.1. The molecule has 6 nitrogen and oxygen atoms in total. The highest BCUT2D eigenvalue weighted by atomic mass is 19.1. The molecule has 0 amide bonds. The van der Waals surface area contributed by atoms with E-state index in [0.29, 0.717) is 0 Å². The summed E-state index contributed by atoms with van der Waals surface area (Å²) in [4.78, 5) is 21.2. The lowest BCUT2D eigenvalue weighted by atomic mass is 10.3. The van der Waals surface area contributed by atoms with Crippen LogP contribution in [0.5, 0.6) is 5.75 Å². The van der Waals surface area contributed by atoms with Gasteiger partial charge in [0, 0.05) is 6.07 Å². The van der Waals surface area contributed by atoms with Gasteiger partial charge < -0.3 is 9.47 Å². The number of nitro groups is 1. The second kappa shape index (κ2) is 5.95. The highest BCUT2D eigenvalue weighted by Gasteiger charge is 2.24. The van der Waals surface area contributed by atoms with Crippen molar-refractivity contribution in [2.24, 2.45) is 0 Å². The van der Waals surface area contributed by atoms with Crippen molar-refractivity contribution in [3.05, 3.63) is 34.1 Å². The largest absolute Gasteiger partial charge is 0.470 e. The predicted octanol–water partition coefficient (Wildman–Crippen LogP) is 2.06. The number of carbonyl (C=O) groups excluding carboxylic acids is 1. The lowest BCUT2D eigenvalue weighted by Gasteiger charge is -2.13. The van der Waals surface area contributed by atoms with Gasteiger partial charge in [-0.3, -0.25) is 10.1 Å². The maximum absolute atomic E-state index is 13.4. The fourth-order valence-corrected chi connectivity index (χ4v) is 1.24. The number of para-hydroxylation sites is 1. The molecule has 1 aromatic carbocycles. The van der Waals surface area contributed by atoms with Crippen LogP contribution in [0.15, 0.2) is 18.2 Å². The minimum atomic E-state index is -1.12. The van der Waals surface area contributed by atoms with Gasteiger partial charge in [-0.1, -0.05) is 6.07 Å². The average Bonchev–Trinajstić information content (AvgIpc) is 2.31. The van der Waals surface area contributed by atoms with Crippen molar-refractivity contribution in [1.82, 2.24) is 0 Å². The number of halogens is 1. The van der Waals surface area contributed by atoms with Gasteiger partial charge in [0.25, 0.3) is 0 Å².